The Morgan fingerprint density at radius 2 is 1.90 bits per heavy atom. The monoisotopic (exact) mass is 447 g/mol. The van der Waals surface area contributed by atoms with Crippen LogP contribution in [0.15, 0.2) is 65.7 Å². The number of rotatable bonds is 6. The number of sulfonamides is 1. The first kappa shape index (κ1) is 21.1. The summed E-state index contributed by atoms with van der Waals surface area (Å²) in [5.74, 6) is -0.649. The van der Waals surface area contributed by atoms with E-state index in [0.717, 1.165) is 37.3 Å². The van der Waals surface area contributed by atoms with E-state index in [4.69, 9.17) is 11.6 Å². The summed E-state index contributed by atoms with van der Waals surface area (Å²) >= 11 is 5.78. The Bertz CT molecular complexity index is 1160. The molecule has 5 nitrogen and oxygen atoms in total. The number of aryl methyl sites for hydroxylation is 1. The second-order valence-electron chi connectivity index (χ2n) is 7.48. The molecular formula is C22H23ClFN3O2S. The maximum atomic E-state index is 13.4. The molecule has 2 heterocycles. The van der Waals surface area contributed by atoms with E-state index in [-0.39, 0.29) is 22.5 Å². The fourth-order valence-corrected chi connectivity index (χ4v) is 5.25. The molecule has 0 spiro atoms. The first-order valence-electron chi connectivity index (χ1n) is 9.72. The van der Waals surface area contributed by atoms with Crippen molar-refractivity contribution in [1.29, 1.82) is 0 Å². The molecule has 1 unspecified atom stereocenters. The Kier molecular flexibility index (Phi) is 5.97. The number of benzene rings is 2. The van der Waals surface area contributed by atoms with Gasteiger partial charge in [0.2, 0.25) is 10.0 Å². The van der Waals surface area contributed by atoms with Gasteiger partial charge in [0.05, 0.1) is 16.0 Å². The van der Waals surface area contributed by atoms with Crippen LogP contribution in [0.2, 0.25) is 5.02 Å². The van der Waals surface area contributed by atoms with Crippen molar-refractivity contribution in [2.24, 2.45) is 7.05 Å². The van der Waals surface area contributed by atoms with Gasteiger partial charge in [0, 0.05) is 38.6 Å². The standard InChI is InChI=1S/C22H23ClFN3O2S/c1-26-11-4-7-21(26)22(27-12-10-16-5-2-3-6-17(16)15-27)14-25-30(28,29)18-8-9-20(24)19(23)13-18/h2-9,11,13,22,25H,10,12,14-15H2,1H3. The molecule has 4 rings (SSSR count). The van der Waals surface area contributed by atoms with Crippen molar-refractivity contribution in [2.45, 2.75) is 23.9 Å². The van der Waals surface area contributed by atoms with E-state index >= 15 is 0 Å². The van der Waals surface area contributed by atoms with E-state index in [0.29, 0.717) is 0 Å². The molecule has 0 saturated heterocycles. The highest BCUT2D eigenvalue weighted by Gasteiger charge is 2.28. The van der Waals surface area contributed by atoms with Crippen LogP contribution in [0.1, 0.15) is 22.9 Å². The lowest BCUT2D eigenvalue weighted by Gasteiger charge is -2.36. The van der Waals surface area contributed by atoms with Crippen LogP contribution in [0.3, 0.4) is 0 Å². The molecule has 0 fully saturated rings. The first-order chi connectivity index (χ1) is 14.3. The minimum Gasteiger partial charge on any atom is -0.353 e. The van der Waals surface area contributed by atoms with Crippen LogP contribution in [0.5, 0.6) is 0 Å². The SMILES string of the molecule is Cn1cccc1C(CNS(=O)(=O)c1ccc(F)c(Cl)c1)N1CCc2ccccc2C1. The molecule has 0 saturated carbocycles. The average molecular weight is 448 g/mol. The van der Waals surface area contributed by atoms with Crippen LogP contribution in [-0.2, 0) is 30.0 Å². The van der Waals surface area contributed by atoms with Crippen LogP contribution in [-0.4, -0.2) is 31.0 Å². The third-order valence-electron chi connectivity index (χ3n) is 5.59. The lowest BCUT2D eigenvalue weighted by molar-refractivity contribution is 0.174. The van der Waals surface area contributed by atoms with Gasteiger partial charge >= 0.3 is 0 Å². The molecule has 0 bridgehead atoms. The molecule has 0 amide bonds. The normalized spacial score (nSPS) is 15.7. The van der Waals surface area contributed by atoms with Crippen molar-refractivity contribution < 1.29 is 12.8 Å². The summed E-state index contributed by atoms with van der Waals surface area (Å²) in [4.78, 5) is 2.24. The molecule has 3 aromatic rings. The van der Waals surface area contributed by atoms with Crippen LogP contribution >= 0.6 is 11.6 Å². The van der Waals surface area contributed by atoms with E-state index in [1.165, 1.54) is 17.2 Å². The number of nitrogens with zero attached hydrogens (tertiary/aromatic N) is 2. The van der Waals surface area contributed by atoms with Crippen LogP contribution in [0.25, 0.3) is 0 Å². The zero-order chi connectivity index (χ0) is 21.3. The third-order valence-corrected chi connectivity index (χ3v) is 7.31. The molecule has 0 aliphatic carbocycles. The number of fused-ring (bicyclic) bond motifs is 1. The summed E-state index contributed by atoms with van der Waals surface area (Å²) in [6.07, 6.45) is 2.87. The zero-order valence-electron chi connectivity index (χ0n) is 16.6. The number of aromatic nitrogens is 1. The molecule has 158 valence electrons. The highest BCUT2D eigenvalue weighted by atomic mass is 35.5. The molecular weight excluding hydrogens is 425 g/mol. The summed E-state index contributed by atoms with van der Waals surface area (Å²) in [5, 5.41) is -0.218. The molecule has 30 heavy (non-hydrogen) atoms. The minimum atomic E-state index is -3.83. The van der Waals surface area contributed by atoms with E-state index in [1.54, 1.807) is 0 Å². The van der Waals surface area contributed by atoms with E-state index < -0.39 is 15.8 Å². The molecule has 0 radical (unpaired) electrons. The fraction of sp³-hybridized carbons (Fsp3) is 0.273. The predicted molar refractivity (Wildman–Crippen MR) is 115 cm³/mol. The van der Waals surface area contributed by atoms with Crippen LogP contribution in [0, 0.1) is 5.82 Å². The largest absolute Gasteiger partial charge is 0.353 e. The average Bonchev–Trinajstić information content (AvgIpc) is 3.15. The van der Waals surface area contributed by atoms with E-state index in [9.17, 15) is 12.8 Å². The lowest BCUT2D eigenvalue weighted by Crippen LogP contribution is -2.41. The number of halogens is 2. The van der Waals surface area contributed by atoms with Crippen LogP contribution < -0.4 is 4.72 Å². The van der Waals surface area contributed by atoms with Gasteiger partial charge in [-0.3, -0.25) is 4.90 Å². The van der Waals surface area contributed by atoms with Gasteiger partial charge in [-0.15, -0.1) is 0 Å². The maximum absolute atomic E-state index is 13.4. The number of nitrogens with one attached hydrogen (secondary N) is 1. The summed E-state index contributed by atoms with van der Waals surface area (Å²) in [5.41, 5.74) is 3.62. The number of hydrogen-bond donors (Lipinski definition) is 1. The molecule has 1 N–H and O–H groups in total. The summed E-state index contributed by atoms with van der Waals surface area (Å²) in [7, 11) is -1.88. The Labute approximate surface area is 181 Å². The van der Waals surface area contributed by atoms with E-state index in [2.05, 4.69) is 21.8 Å². The topological polar surface area (TPSA) is 54.3 Å². The second-order valence-corrected chi connectivity index (χ2v) is 9.65. The molecule has 1 atom stereocenters. The van der Waals surface area contributed by atoms with Crippen molar-refractivity contribution >= 4 is 21.6 Å². The Balaban J connectivity index is 1.58. The Hall–Kier alpha value is -2.19. The summed E-state index contributed by atoms with van der Waals surface area (Å²) in [6.45, 7) is 1.77. The van der Waals surface area contributed by atoms with Crippen molar-refractivity contribution in [3.63, 3.8) is 0 Å². The predicted octanol–water partition coefficient (Wildman–Crippen LogP) is 3.90. The van der Waals surface area contributed by atoms with Crippen molar-refractivity contribution in [1.82, 2.24) is 14.2 Å². The van der Waals surface area contributed by atoms with Crippen molar-refractivity contribution in [3.05, 3.63) is 88.5 Å². The molecule has 1 aliphatic heterocycles. The van der Waals surface area contributed by atoms with Gasteiger partial charge in [0.25, 0.3) is 0 Å². The quantitative estimate of drug-likeness (QED) is 0.623. The van der Waals surface area contributed by atoms with Crippen LogP contribution in [0.4, 0.5) is 4.39 Å². The highest BCUT2D eigenvalue weighted by Crippen LogP contribution is 2.28. The minimum absolute atomic E-state index is 0.0523. The first-order valence-corrected chi connectivity index (χ1v) is 11.6. The molecule has 1 aromatic heterocycles. The van der Waals surface area contributed by atoms with Gasteiger partial charge in [0.15, 0.2) is 0 Å². The van der Waals surface area contributed by atoms with Crippen molar-refractivity contribution in [2.75, 3.05) is 13.1 Å². The second kappa shape index (κ2) is 8.51. The summed E-state index contributed by atoms with van der Waals surface area (Å²) in [6, 6.07) is 15.6. The third kappa shape index (κ3) is 4.30. The Morgan fingerprint density at radius 3 is 2.60 bits per heavy atom. The molecule has 2 aromatic carbocycles. The van der Waals surface area contributed by atoms with Gasteiger partial charge in [-0.25, -0.2) is 17.5 Å². The van der Waals surface area contributed by atoms with Gasteiger partial charge in [-0.1, -0.05) is 35.9 Å². The molecule has 8 heteroatoms. The fourth-order valence-electron chi connectivity index (χ4n) is 3.94. The van der Waals surface area contributed by atoms with Crippen molar-refractivity contribution in [3.8, 4) is 0 Å². The maximum Gasteiger partial charge on any atom is 0.240 e. The van der Waals surface area contributed by atoms with Gasteiger partial charge in [0.1, 0.15) is 5.82 Å². The van der Waals surface area contributed by atoms with Gasteiger partial charge in [-0.2, -0.15) is 0 Å². The van der Waals surface area contributed by atoms with E-state index in [1.807, 2.05) is 42.1 Å². The lowest BCUT2D eigenvalue weighted by atomic mass is 9.98. The zero-order valence-corrected chi connectivity index (χ0v) is 18.1. The summed E-state index contributed by atoms with van der Waals surface area (Å²) < 4.78 is 43.8. The highest BCUT2D eigenvalue weighted by molar-refractivity contribution is 7.89. The number of hydrogen-bond acceptors (Lipinski definition) is 3. The Morgan fingerprint density at radius 1 is 1.13 bits per heavy atom. The molecule has 1 aliphatic rings. The smallest absolute Gasteiger partial charge is 0.240 e. The van der Waals surface area contributed by atoms with Gasteiger partial charge < -0.3 is 4.57 Å². The van der Waals surface area contributed by atoms with Gasteiger partial charge in [-0.05, 0) is 47.9 Å².